The monoisotopic (exact) mass is 271 g/mol. The van der Waals surface area contributed by atoms with Crippen LogP contribution in [0, 0.1) is 10.8 Å². The van der Waals surface area contributed by atoms with Gasteiger partial charge in [-0.2, -0.15) is 0 Å². The van der Waals surface area contributed by atoms with Gasteiger partial charge in [0.1, 0.15) is 0 Å². The number of rotatable bonds is 9. The third kappa shape index (κ3) is 4.17. The van der Waals surface area contributed by atoms with Crippen molar-refractivity contribution < 1.29 is 9.47 Å². The van der Waals surface area contributed by atoms with Gasteiger partial charge in [-0.25, -0.2) is 0 Å². The van der Waals surface area contributed by atoms with E-state index in [4.69, 9.17) is 9.47 Å². The Morgan fingerprint density at radius 3 is 2.53 bits per heavy atom. The van der Waals surface area contributed by atoms with Crippen molar-refractivity contribution in [3.8, 4) is 0 Å². The zero-order valence-corrected chi connectivity index (χ0v) is 13.7. The van der Waals surface area contributed by atoms with Gasteiger partial charge >= 0.3 is 0 Å². The van der Waals surface area contributed by atoms with Gasteiger partial charge in [0.2, 0.25) is 0 Å². The van der Waals surface area contributed by atoms with Crippen LogP contribution < -0.4 is 5.32 Å². The van der Waals surface area contributed by atoms with Crippen LogP contribution in [0.1, 0.15) is 53.9 Å². The summed E-state index contributed by atoms with van der Waals surface area (Å²) in [6.45, 7) is 14.0. The summed E-state index contributed by atoms with van der Waals surface area (Å²) in [7, 11) is 1.77. The van der Waals surface area contributed by atoms with E-state index in [2.05, 4.69) is 39.9 Å². The molecule has 0 bridgehead atoms. The molecule has 1 rings (SSSR count). The molecule has 3 heteroatoms. The average molecular weight is 271 g/mol. The molecule has 3 atom stereocenters. The maximum absolute atomic E-state index is 5.85. The molecule has 0 saturated heterocycles. The van der Waals surface area contributed by atoms with E-state index in [1.165, 1.54) is 6.42 Å². The Bertz CT molecular complexity index is 267. The zero-order chi connectivity index (χ0) is 14.5. The van der Waals surface area contributed by atoms with Gasteiger partial charge < -0.3 is 14.8 Å². The number of methoxy groups -OCH3 is 1. The normalized spacial score (nSPS) is 31.3. The number of nitrogens with one attached hydrogen (secondary N) is 1. The molecular formula is C16H33NO2. The summed E-state index contributed by atoms with van der Waals surface area (Å²) in [5, 5.41) is 3.76. The van der Waals surface area contributed by atoms with Crippen molar-refractivity contribution >= 4 is 0 Å². The lowest BCUT2D eigenvalue weighted by Gasteiger charge is -2.54. The maximum atomic E-state index is 5.85. The van der Waals surface area contributed by atoms with Gasteiger partial charge in [-0.3, -0.25) is 0 Å². The number of hydrogen-bond acceptors (Lipinski definition) is 3. The van der Waals surface area contributed by atoms with E-state index in [9.17, 15) is 0 Å². The standard InChI is InChI=1S/C16H33NO2/c1-7-16(5)13(11-14(16)19-8-2)17-12-15(3,4)9-10-18-6/h13-14,17H,7-12H2,1-6H3. The quantitative estimate of drug-likeness (QED) is 0.698. The first-order valence-electron chi connectivity index (χ1n) is 7.73. The van der Waals surface area contributed by atoms with Crippen molar-refractivity contribution in [2.45, 2.75) is 66.0 Å². The summed E-state index contributed by atoms with van der Waals surface area (Å²) in [6.07, 6.45) is 3.86. The van der Waals surface area contributed by atoms with E-state index in [0.29, 0.717) is 23.0 Å². The molecule has 114 valence electrons. The Kier molecular flexibility index (Phi) is 6.28. The predicted molar refractivity (Wildman–Crippen MR) is 80.5 cm³/mol. The molecule has 3 nitrogen and oxygen atoms in total. The first-order chi connectivity index (χ1) is 8.89. The van der Waals surface area contributed by atoms with Crippen LogP contribution in [-0.4, -0.2) is 39.0 Å². The molecule has 3 unspecified atom stereocenters. The van der Waals surface area contributed by atoms with E-state index < -0.39 is 0 Å². The van der Waals surface area contributed by atoms with E-state index in [1.54, 1.807) is 7.11 Å². The van der Waals surface area contributed by atoms with Gasteiger partial charge in [0.05, 0.1) is 6.10 Å². The van der Waals surface area contributed by atoms with Crippen molar-refractivity contribution in [2.24, 2.45) is 10.8 Å². The molecule has 0 spiro atoms. The first-order valence-corrected chi connectivity index (χ1v) is 7.73. The van der Waals surface area contributed by atoms with Crippen LogP contribution in [0.15, 0.2) is 0 Å². The SMILES string of the molecule is CCOC1CC(NCC(C)(C)CCOC)C1(C)CC. The molecule has 0 radical (unpaired) electrons. The number of ether oxygens (including phenoxy) is 2. The lowest BCUT2D eigenvalue weighted by atomic mass is 9.61. The highest BCUT2D eigenvalue weighted by atomic mass is 16.5. The van der Waals surface area contributed by atoms with Gasteiger partial charge in [0.25, 0.3) is 0 Å². The average Bonchev–Trinajstić information content (AvgIpc) is 2.38. The van der Waals surface area contributed by atoms with Gasteiger partial charge in [-0.05, 0) is 31.6 Å². The minimum absolute atomic E-state index is 0.293. The molecule has 0 aliphatic heterocycles. The molecular weight excluding hydrogens is 238 g/mol. The van der Waals surface area contributed by atoms with Crippen molar-refractivity contribution in [2.75, 3.05) is 26.9 Å². The minimum Gasteiger partial charge on any atom is -0.385 e. The lowest BCUT2D eigenvalue weighted by Crippen LogP contribution is -2.63. The summed E-state index contributed by atoms with van der Waals surface area (Å²) in [6, 6.07) is 0.593. The van der Waals surface area contributed by atoms with Gasteiger partial charge in [0, 0.05) is 38.3 Å². The summed E-state index contributed by atoms with van der Waals surface area (Å²) in [5.41, 5.74) is 0.592. The smallest absolute Gasteiger partial charge is 0.0658 e. The fraction of sp³-hybridized carbons (Fsp3) is 1.00. The van der Waals surface area contributed by atoms with Crippen LogP contribution >= 0.6 is 0 Å². The van der Waals surface area contributed by atoms with Crippen molar-refractivity contribution in [1.82, 2.24) is 5.32 Å². The van der Waals surface area contributed by atoms with Crippen LogP contribution in [0.25, 0.3) is 0 Å². The lowest BCUT2D eigenvalue weighted by molar-refractivity contribution is -0.127. The highest BCUT2D eigenvalue weighted by Crippen LogP contribution is 2.46. The van der Waals surface area contributed by atoms with Crippen LogP contribution in [0.2, 0.25) is 0 Å². The third-order valence-corrected chi connectivity index (χ3v) is 4.92. The minimum atomic E-state index is 0.293. The van der Waals surface area contributed by atoms with Gasteiger partial charge in [-0.15, -0.1) is 0 Å². The van der Waals surface area contributed by atoms with Gasteiger partial charge in [0.15, 0.2) is 0 Å². The van der Waals surface area contributed by atoms with E-state index in [-0.39, 0.29) is 0 Å². The van der Waals surface area contributed by atoms with Crippen LogP contribution in [0.4, 0.5) is 0 Å². The largest absolute Gasteiger partial charge is 0.385 e. The second-order valence-electron chi connectivity index (χ2n) is 6.88. The molecule has 1 fully saturated rings. The Labute approximate surface area is 119 Å². The van der Waals surface area contributed by atoms with Crippen LogP contribution in [0.5, 0.6) is 0 Å². The first kappa shape index (κ1) is 16.9. The molecule has 0 heterocycles. The Morgan fingerprint density at radius 2 is 2.00 bits per heavy atom. The third-order valence-electron chi connectivity index (χ3n) is 4.92. The molecule has 0 aromatic heterocycles. The molecule has 0 aromatic carbocycles. The molecule has 1 aliphatic rings. The predicted octanol–water partition coefficient (Wildman–Crippen LogP) is 3.23. The molecule has 1 aliphatic carbocycles. The van der Waals surface area contributed by atoms with Gasteiger partial charge in [-0.1, -0.05) is 27.7 Å². The summed E-state index contributed by atoms with van der Waals surface area (Å²) >= 11 is 0. The molecule has 19 heavy (non-hydrogen) atoms. The fourth-order valence-corrected chi connectivity index (χ4v) is 2.93. The second-order valence-corrected chi connectivity index (χ2v) is 6.88. The summed E-state index contributed by atoms with van der Waals surface area (Å²) in [5.74, 6) is 0. The number of hydrogen-bond donors (Lipinski definition) is 1. The fourth-order valence-electron chi connectivity index (χ4n) is 2.93. The Hall–Kier alpha value is -0.120. The van der Waals surface area contributed by atoms with Crippen molar-refractivity contribution in [3.63, 3.8) is 0 Å². The zero-order valence-electron chi connectivity index (χ0n) is 13.7. The van der Waals surface area contributed by atoms with Crippen molar-refractivity contribution in [3.05, 3.63) is 0 Å². The Morgan fingerprint density at radius 1 is 1.32 bits per heavy atom. The summed E-state index contributed by atoms with van der Waals surface area (Å²) in [4.78, 5) is 0. The molecule has 1 saturated carbocycles. The van der Waals surface area contributed by atoms with Crippen LogP contribution in [-0.2, 0) is 9.47 Å². The molecule has 1 N–H and O–H groups in total. The van der Waals surface area contributed by atoms with Crippen molar-refractivity contribution in [1.29, 1.82) is 0 Å². The second kappa shape index (κ2) is 7.05. The highest BCUT2D eigenvalue weighted by Gasteiger charge is 2.50. The maximum Gasteiger partial charge on any atom is 0.0658 e. The molecule has 0 amide bonds. The Balaban J connectivity index is 2.42. The van der Waals surface area contributed by atoms with E-state index in [1.807, 2.05) is 0 Å². The topological polar surface area (TPSA) is 30.5 Å². The van der Waals surface area contributed by atoms with Crippen LogP contribution in [0.3, 0.4) is 0 Å². The highest BCUT2D eigenvalue weighted by molar-refractivity contribution is 5.05. The summed E-state index contributed by atoms with van der Waals surface area (Å²) < 4.78 is 11.0. The van der Waals surface area contributed by atoms with E-state index in [0.717, 1.165) is 32.6 Å². The van der Waals surface area contributed by atoms with E-state index >= 15 is 0 Å². The molecule has 0 aromatic rings.